The highest BCUT2D eigenvalue weighted by atomic mass is 19.1. The normalized spacial score (nSPS) is 14.5. The maximum atomic E-state index is 13.7. The van der Waals surface area contributed by atoms with E-state index in [0.29, 0.717) is 6.07 Å². The van der Waals surface area contributed by atoms with Gasteiger partial charge >= 0.3 is 0 Å². The Labute approximate surface area is 115 Å². The lowest BCUT2D eigenvalue weighted by molar-refractivity contribution is -0.128. The van der Waals surface area contributed by atoms with E-state index < -0.39 is 11.6 Å². The molecular weight excluding hydrogens is 268 g/mol. The molecule has 6 nitrogen and oxygen atoms in total. The third-order valence-electron chi connectivity index (χ3n) is 3.24. The minimum atomic E-state index is -0.881. The Kier molecular flexibility index (Phi) is 4.33. The standard InChI is InChI=1S/C12H17F2N5O/c1-18(7-10(20)19-4-2-3-5-19)12-9(14)6-8(13)11(16-12)17-15/h6H,2-5,7,15H2,1H3,(H,16,17). The summed E-state index contributed by atoms with van der Waals surface area (Å²) in [5, 5.41) is 0. The number of nitrogens with two attached hydrogens (primary N) is 1. The number of nitrogen functional groups attached to an aromatic ring is 1. The summed E-state index contributed by atoms with van der Waals surface area (Å²) in [5.74, 6) is 2.91. The average Bonchev–Trinajstić information content (AvgIpc) is 2.92. The van der Waals surface area contributed by atoms with Gasteiger partial charge in [-0.2, -0.15) is 0 Å². The number of pyridine rings is 1. The van der Waals surface area contributed by atoms with Gasteiger partial charge in [-0.3, -0.25) is 4.79 Å². The van der Waals surface area contributed by atoms with Crippen molar-refractivity contribution in [2.45, 2.75) is 12.8 Å². The van der Waals surface area contributed by atoms with Crippen LogP contribution in [0, 0.1) is 11.6 Å². The highest BCUT2D eigenvalue weighted by molar-refractivity contribution is 5.81. The van der Waals surface area contributed by atoms with Crippen LogP contribution in [0.1, 0.15) is 12.8 Å². The van der Waals surface area contributed by atoms with Crippen molar-refractivity contribution in [3.8, 4) is 0 Å². The molecule has 110 valence electrons. The molecule has 20 heavy (non-hydrogen) atoms. The van der Waals surface area contributed by atoms with Crippen LogP contribution < -0.4 is 16.2 Å². The Hall–Kier alpha value is -1.96. The monoisotopic (exact) mass is 285 g/mol. The van der Waals surface area contributed by atoms with Gasteiger partial charge < -0.3 is 15.2 Å². The second kappa shape index (κ2) is 6.00. The maximum absolute atomic E-state index is 13.7. The van der Waals surface area contributed by atoms with E-state index in [1.807, 2.05) is 0 Å². The Morgan fingerprint density at radius 1 is 1.45 bits per heavy atom. The molecular formula is C12H17F2N5O. The molecule has 0 aromatic carbocycles. The van der Waals surface area contributed by atoms with Gasteiger partial charge in [0.25, 0.3) is 0 Å². The topological polar surface area (TPSA) is 74.5 Å². The van der Waals surface area contributed by atoms with E-state index >= 15 is 0 Å². The number of anilines is 2. The summed E-state index contributed by atoms with van der Waals surface area (Å²) in [6.45, 7) is 1.43. The number of amides is 1. The highest BCUT2D eigenvalue weighted by Gasteiger charge is 2.22. The number of carbonyl (C=O) groups excluding carboxylic acids is 1. The summed E-state index contributed by atoms with van der Waals surface area (Å²) < 4.78 is 27.0. The molecule has 2 heterocycles. The summed E-state index contributed by atoms with van der Waals surface area (Å²) in [5.41, 5.74) is 2.05. The van der Waals surface area contributed by atoms with E-state index in [-0.39, 0.29) is 24.1 Å². The maximum Gasteiger partial charge on any atom is 0.242 e. The molecule has 2 rings (SSSR count). The van der Waals surface area contributed by atoms with Gasteiger partial charge in [-0.15, -0.1) is 0 Å². The molecule has 1 aromatic heterocycles. The van der Waals surface area contributed by atoms with Crippen LogP contribution in [0.4, 0.5) is 20.4 Å². The molecule has 0 unspecified atom stereocenters. The van der Waals surface area contributed by atoms with Crippen LogP contribution in [-0.2, 0) is 4.79 Å². The molecule has 1 aromatic rings. The first-order chi connectivity index (χ1) is 9.52. The minimum Gasteiger partial charge on any atom is -0.348 e. The first kappa shape index (κ1) is 14.4. The number of hydrogen-bond donors (Lipinski definition) is 2. The van der Waals surface area contributed by atoms with Gasteiger partial charge in [0.15, 0.2) is 23.3 Å². The number of nitrogens with one attached hydrogen (secondary N) is 1. The van der Waals surface area contributed by atoms with Gasteiger partial charge in [0.1, 0.15) is 0 Å². The molecule has 3 N–H and O–H groups in total. The first-order valence-corrected chi connectivity index (χ1v) is 6.34. The molecule has 0 radical (unpaired) electrons. The van der Waals surface area contributed by atoms with Gasteiger partial charge in [-0.25, -0.2) is 19.6 Å². The summed E-state index contributed by atoms with van der Waals surface area (Å²) >= 11 is 0. The van der Waals surface area contributed by atoms with E-state index in [9.17, 15) is 13.6 Å². The molecule has 0 atom stereocenters. The SMILES string of the molecule is CN(CC(=O)N1CCCC1)c1nc(NN)c(F)cc1F. The zero-order valence-electron chi connectivity index (χ0n) is 11.2. The predicted octanol–water partition coefficient (Wildman–Crippen LogP) is 0.704. The van der Waals surface area contributed by atoms with Crippen molar-refractivity contribution < 1.29 is 13.6 Å². The second-order valence-corrected chi connectivity index (χ2v) is 4.71. The molecule has 0 spiro atoms. The van der Waals surface area contributed by atoms with E-state index in [4.69, 9.17) is 5.84 Å². The van der Waals surface area contributed by atoms with Gasteiger partial charge in [-0.05, 0) is 12.8 Å². The molecule has 1 fully saturated rings. The highest BCUT2D eigenvalue weighted by Crippen LogP contribution is 2.21. The first-order valence-electron chi connectivity index (χ1n) is 6.34. The fourth-order valence-corrected chi connectivity index (χ4v) is 2.17. The third kappa shape index (κ3) is 2.96. The zero-order valence-corrected chi connectivity index (χ0v) is 11.2. The van der Waals surface area contributed by atoms with E-state index in [2.05, 4.69) is 10.4 Å². The molecule has 0 bridgehead atoms. The van der Waals surface area contributed by atoms with Crippen molar-refractivity contribution in [3.63, 3.8) is 0 Å². The number of halogens is 2. The molecule has 8 heteroatoms. The van der Waals surface area contributed by atoms with Crippen LogP contribution in [0.25, 0.3) is 0 Å². The van der Waals surface area contributed by atoms with Crippen LogP contribution in [-0.4, -0.2) is 42.5 Å². The number of nitrogens with zero attached hydrogens (tertiary/aromatic N) is 3. The van der Waals surface area contributed by atoms with Gasteiger partial charge in [-0.1, -0.05) is 0 Å². The number of hydrazine groups is 1. The van der Waals surface area contributed by atoms with Crippen molar-refractivity contribution in [3.05, 3.63) is 17.7 Å². The number of carbonyl (C=O) groups is 1. The fraction of sp³-hybridized carbons (Fsp3) is 0.500. The number of likely N-dealkylation sites (tertiary alicyclic amines) is 1. The fourth-order valence-electron chi connectivity index (χ4n) is 2.17. The number of rotatable bonds is 4. The number of hydrogen-bond acceptors (Lipinski definition) is 5. The third-order valence-corrected chi connectivity index (χ3v) is 3.24. The Morgan fingerprint density at radius 3 is 2.70 bits per heavy atom. The molecule has 1 aliphatic heterocycles. The largest absolute Gasteiger partial charge is 0.348 e. The lowest BCUT2D eigenvalue weighted by Crippen LogP contribution is -2.38. The van der Waals surface area contributed by atoms with Gasteiger partial charge in [0.05, 0.1) is 6.54 Å². The van der Waals surface area contributed by atoms with Crippen molar-refractivity contribution >= 4 is 17.5 Å². The minimum absolute atomic E-state index is 0.0143. The lowest BCUT2D eigenvalue weighted by Gasteiger charge is -2.22. The number of likely N-dealkylation sites (N-methyl/N-ethyl adjacent to an activating group) is 1. The second-order valence-electron chi connectivity index (χ2n) is 4.71. The molecule has 1 aliphatic rings. The summed E-state index contributed by atoms with van der Waals surface area (Å²) in [6, 6.07) is 0.689. The van der Waals surface area contributed by atoms with Crippen molar-refractivity contribution in [1.82, 2.24) is 9.88 Å². The summed E-state index contributed by atoms with van der Waals surface area (Å²) in [7, 11) is 1.53. The predicted molar refractivity (Wildman–Crippen MR) is 71.0 cm³/mol. The van der Waals surface area contributed by atoms with Gasteiger partial charge in [0, 0.05) is 26.2 Å². The molecule has 0 saturated carbocycles. The van der Waals surface area contributed by atoms with Crippen molar-refractivity contribution in [2.24, 2.45) is 5.84 Å². The summed E-state index contributed by atoms with van der Waals surface area (Å²) in [6.07, 6.45) is 1.97. The van der Waals surface area contributed by atoms with Crippen molar-refractivity contribution in [1.29, 1.82) is 0 Å². The summed E-state index contributed by atoms with van der Waals surface area (Å²) in [4.78, 5) is 18.8. The Balaban J connectivity index is 2.12. The van der Waals surface area contributed by atoms with Crippen LogP contribution >= 0.6 is 0 Å². The van der Waals surface area contributed by atoms with E-state index in [1.165, 1.54) is 11.9 Å². The molecule has 1 saturated heterocycles. The van der Waals surface area contributed by atoms with Crippen LogP contribution in [0.3, 0.4) is 0 Å². The van der Waals surface area contributed by atoms with Crippen LogP contribution in [0.5, 0.6) is 0 Å². The van der Waals surface area contributed by atoms with Crippen LogP contribution in [0.15, 0.2) is 6.07 Å². The van der Waals surface area contributed by atoms with Gasteiger partial charge in [0.2, 0.25) is 5.91 Å². The Bertz CT molecular complexity index is 505. The smallest absolute Gasteiger partial charge is 0.242 e. The zero-order chi connectivity index (χ0) is 14.7. The molecule has 1 amide bonds. The Morgan fingerprint density at radius 2 is 2.10 bits per heavy atom. The van der Waals surface area contributed by atoms with Crippen molar-refractivity contribution in [2.75, 3.05) is 37.0 Å². The van der Waals surface area contributed by atoms with E-state index in [1.54, 1.807) is 4.90 Å². The quantitative estimate of drug-likeness (QED) is 0.629. The van der Waals surface area contributed by atoms with E-state index in [0.717, 1.165) is 25.9 Å². The average molecular weight is 285 g/mol. The molecule has 0 aliphatic carbocycles. The number of aromatic nitrogens is 1. The van der Waals surface area contributed by atoms with Crippen LogP contribution in [0.2, 0.25) is 0 Å². The lowest BCUT2D eigenvalue weighted by atomic mass is 10.3.